The average molecular weight is 657 g/mol. The van der Waals surface area contributed by atoms with Crippen LogP contribution >= 0.6 is 0 Å². The van der Waals surface area contributed by atoms with Crippen molar-refractivity contribution in [3.8, 4) is 0 Å². The van der Waals surface area contributed by atoms with Gasteiger partial charge in [0.2, 0.25) is 5.91 Å². The van der Waals surface area contributed by atoms with Gasteiger partial charge in [0.05, 0.1) is 6.42 Å². The molecular weight excluding hydrogens is 648 g/mol. The van der Waals surface area contributed by atoms with Crippen molar-refractivity contribution in [2.45, 2.75) is 60.5 Å². The molecule has 0 aliphatic carbocycles. The van der Waals surface area contributed by atoms with Crippen LogP contribution in [0.2, 0.25) is 0 Å². The van der Waals surface area contributed by atoms with Crippen LogP contribution in [0.5, 0.6) is 0 Å². The molecule has 0 spiro atoms. The summed E-state index contributed by atoms with van der Waals surface area (Å²) in [6.45, 7) is 0. The second-order valence-corrected chi connectivity index (χ2v) is 8.04. The van der Waals surface area contributed by atoms with Crippen LogP contribution in [0.4, 0.5) is 80.3 Å². The summed E-state index contributed by atoms with van der Waals surface area (Å²) in [6, 6.07) is 4.04. The van der Waals surface area contributed by atoms with Crippen molar-refractivity contribution >= 4 is 11.6 Å². The van der Waals surface area contributed by atoms with Crippen LogP contribution in [0, 0.1) is 0 Å². The maximum absolute atomic E-state index is 14.0. The minimum absolute atomic E-state index is 0. The van der Waals surface area contributed by atoms with Gasteiger partial charge in [-0.05, 0) is 17.7 Å². The van der Waals surface area contributed by atoms with Crippen molar-refractivity contribution in [1.29, 1.82) is 0 Å². The number of rotatable bonds is 11. The Morgan fingerprint density at radius 2 is 1.10 bits per heavy atom. The SMILES string of the molecule is O=C(CC(F)(F)C(F)(F)C(F)(F)C(F)(F)C(F)(F)C(F)(F)C(F)(F)C(F)(F)F)Nc1ccc(Cc2nn[n-]n2)cc1.[Na+]. The summed E-state index contributed by atoms with van der Waals surface area (Å²) >= 11 is 0. The summed E-state index contributed by atoms with van der Waals surface area (Å²) < 4.78 is 226. The fraction of sp³-hybridized carbons (Fsp3) is 0.556. The van der Waals surface area contributed by atoms with Gasteiger partial charge in [0, 0.05) is 17.9 Å². The van der Waals surface area contributed by atoms with Gasteiger partial charge in [-0.2, -0.15) is 74.6 Å². The second kappa shape index (κ2) is 11.6. The summed E-state index contributed by atoms with van der Waals surface area (Å²) in [5, 5.41) is 14.6. The third-order valence-corrected chi connectivity index (χ3v) is 5.13. The molecule has 0 radical (unpaired) electrons. The number of nitrogens with zero attached hydrogens (tertiary/aromatic N) is 4. The van der Waals surface area contributed by atoms with E-state index in [9.17, 15) is 79.4 Å². The summed E-state index contributed by atoms with van der Waals surface area (Å²) in [4.78, 5) is 11.7. The number of halogens is 17. The molecule has 0 atom stereocenters. The molecule has 1 aromatic carbocycles. The van der Waals surface area contributed by atoms with Gasteiger partial charge in [0.1, 0.15) is 0 Å². The maximum atomic E-state index is 14.0. The number of alkyl halides is 17. The van der Waals surface area contributed by atoms with Crippen LogP contribution in [0.15, 0.2) is 24.3 Å². The number of anilines is 1. The first-order chi connectivity index (χ1) is 18.2. The summed E-state index contributed by atoms with van der Waals surface area (Å²) in [5.74, 6) is -59.8. The van der Waals surface area contributed by atoms with E-state index in [-0.39, 0.29) is 41.8 Å². The number of nitrogens with one attached hydrogen (secondary N) is 1. The first-order valence-corrected chi connectivity index (χ1v) is 9.95. The molecule has 232 valence electrons. The first-order valence-electron chi connectivity index (χ1n) is 9.95. The number of tetrazole rings is 1. The molecule has 1 aromatic heterocycles. The van der Waals surface area contributed by atoms with Crippen LogP contribution < -0.4 is 40.1 Å². The Morgan fingerprint density at radius 1 is 0.667 bits per heavy atom. The van der Waals surface area contributed by atoms with Gasteiger partial charge in [-0.1, -0.05) is 12.1 Å². The Morgan fingerprint density at radius 3 is 1.50 bits per heavy atom. The molecule has 2 rings (SSSR count). The normalized spacial score (nSPS) is 14.4. The molecule has 0 saturated heterocycles. The van der Waals surface area contributed by atoms with Crippen LogP contribution in [-0.4, -0.2) is 69.0 Å². The average Bonchev–Trinajstić information content (AvgIpc) is 3.31. The zero-order valence-electron chi connectivity index (χ0n) is 19.8. The molecule has 42 heavy (non-hydrogen) atoms. The van der Waals surface area contributed by atoms with E-state index in [0.717, 1.165) is 24.3 Å². The number of hydrogen-bond acceptors (Lipinski definition) is 4. The quantitative estimate of drug-likeness (QED) is 0.297. The van der Waals surface area contributed by atoms with Crippen LogP contribution in [0.25, 0.3) is 0 Å². The summed E-state index contributed by atoms with van der Waals surface area (Å²) in [5.41, 5.74) is -0.194. The first kappa shape index (κ1) is 37.6. The Balaban J connectivity index is 0.00000882. The molecule has 0 bridgehead atoms. The van der Waals surface area contributed by atoms with E-state index in [2.05, 4.69) is 20.6 Å². The molecular formula is C18H9F17N5NaO. The van der Waals surface area contributed by atoms with Crippen molar-refractivity contribution in [1.82, 2.24) is 20.6 Å². The fourth-order valence-corrected chi connectivity index (χ4v) is 2.84. The van der Waals surface area contributed by atoms with E-state index in [1.807, 2.05) is 0 Å². The monoisotopic (exact) mass is 657 g/mol. The van der Waals surface area contributed by atoms with Gasteiger partial charge in [0.15, 0.2) is 0 Å². The van der Waals surface area contributed by atoms with E-state index in [4.69, 9.17) is 0 Å². The number of hydrogen-bond donors (Lipinski definition) is 1. The van der Waals surface area contributed by atoms with Crippen molar-refractivity contribution < 1.29 is 109 Å². The molecule has 1 amide bonds. The van der Waals surface area contributed by atoms with Gasteiger partial charge in [-0.15, -0.1) is 0 Å². The van der Waals surface area contributed by atoms with Gasteiger partial charge in [-0.3, -0.25) is 20.3 Å². The largest absolute Gasteiger partial charge is 1.00 e. The molecule has 1 N–H and O–H groups in total. The van der Waals surface area contributed by atoms with E-state index in [1.54, 1.807) is 0 Å². The molecule has 0 saturated carbocycles. The number of aromatic nitrogens is 4. The van der Waals surface area contributed by atoms with Crippen molar-refractivity contribution in [2.24, 2.45) is 0 Å². The molecule has 0 fully saturated rings. The second-order valence-electron chi connectivity index (χ2n) is 8.04. The van der Waals surface area contributed by atoms with Crippen LogP contribution in [0.3, 0.4) is 0 Å². The van der Waals surface area contributed by atoms with E-state index >= 15 is 0 Å². The number of benzene rings is 1. The van der Waals surface area contributed by atoms with Crippen LogP contribution in [-0.2, 0) is 11.2 Å². The summed E-state index contributed by atoms with van der Waals surface area (Å²) in [6.07, 6.45) is -11.1. The molecule has 0 aliphatic rings. The Hall–Kier alpha value is -2.43. The Kier molecular flexibility index (Phi) is 10.4. The standard InChI is InChI=1S/C18H10F17N5O.Na/c19-11(20,6-10(41)36-8-3-1-7(2-4-8)5-9-37-39-40-38-9)12(21,22)13(23,24)14(25,26)15(27,28)16(29,30)17(31,32)18(33,34)35;/h1-4H,5-6H2,(H2,36,37,38,39,40,41);/q;+1/p-1. The minimum Gasteiger partial charge on any atom is -0.335 e. The molecule has 0 unspecified atom stereocenters. The minimum atomic E-state index is -8.73. The van der Waals surface area contributed by atoms with Crippen molar-refractivity contribution in [3.63, 3.8) is 0 Å². The number of carbonyl (C=O) groups is 1. The maximum Gasteiger partial charge on any atom is 1.00 e. The molecule has 2 aromatic rings. The number of carbonyl (C=O) groups excluding carboxylic acids is 1. The van der Waals surface area contributed by atoms with E-state index in [1.165, 1.54) is 5.32 Å². The smallest absolute Gasteiger partial charge is 0.335 e. The molecule has 1 heterocycles. The zero-order valence-corrected chi connectivity index (χ0v) is 21.8. The van der Waals surface area contributed by atoms with Gasteiger partial charge < -0.3 is 10.4 Å². The third-order valence-electron chi connectivity index (χ3n) is 5.13. The number of amides is 1. The third kappa shape index (κ3) is 6.13. The van der Waals surface area contributed by atoms with Gasteiger partial charge >= 0.3 is 77.2 Å². The van der Waals surface area contributed by atoms with Crippen molar-refractivity contribution in [3.05, 3.63) is 35.7 Å². The zero-order chi connectivity index (χ0) is 32.1. The Labute approximate surface area is 242 Å². The Bertz CT molecular complexity index is 1220. The molecule has 24 heteroatoms. The van der Waals surface area contributed by atoms with Crippen LogP contribution in [0.1, 0.15) is 17.8 Å². The molecule has 0 aliphatic heterocycles. The van der Waals surface area contributed by atoms with E-state index in [0.29, 0.717) is 5.56 Å². The fourth-order valence-electron chi connectivity index (χ4n) is 2.84. The molecule has 6 nitrogen and oxygen atoms in total. The predicted molar refractivity (Wildman–Crippen MR) is 96.3 cm³/mol. The topological polar surface area (TPSA) is 81.9 Å². The predicted octanol–water partition coefficient (Wildman–Crippen LogP) is 2.76. The summed E-state index contributed by atoms with van der Waals surface area (Å²) in [7, 11) is 0. The van der Waals surface area contributed by atoms with Gasteiger partial charge in [-0.25, -0.2) is 0 Å². The van der Waals surface area contributed by atoms with Crippen molar-refractivity contribution in [2.75, 3.05) is 5.32 Å². The van der Waals surface area contributed by atoms with Gasteiger partial charge in [0.25, 0.3) is 0 Å². The van der Waals surface area contributed by atoms with E-state index < -0.39 is 65.6 Å².